The summed E-state index contributed by atoms with van der Waals surface area (Å²) in [6.45, 7) is 7.20. The van der Waals surface area contributed by atoms with Gasteiger partial charge in [0.15, 0.2) is 24.2 Å². The van der Waals surface area contributed by atoms with Crippen molar-refractivity contribution in [3.63, 3.8) is 0 Å². The number of para-hydroxylation sites is 2. The summed E-state index contributed by atoms with van der Waals surface area (Å²) in [7, 11) is 2.00. The minimum atomic E-state index is -0.186. The van der Waals surface area contributed by atoms with Crippen LogP contribution < -0.4 is 9.30 Å². The van der Waals surface area contributed by atoms with E-state index >= 15 is 0 Å². The zero-order chi connectivity index (χ0) is 23.5. The molecule has 4 rings (SSSR count). The SMILES string of the molecule is CC1CCC(C(C)C)C(OC(=O)Cn2c(COc3ccc(Cl)cc3)[n+](C)c3ccccc32)C1. The zero-order valence-electron chi connectivity index (χ0n) is 20.0. The number of imidazole rings is 1. The predicted molar refractivity (Wildman–Crippen MR) is 130 cm³/mol. The molecule has 1 aliphatic carbocycles. The maximum Gasteiger partial charge on any atom is 0.348 e. The monoisotopic (exact) mass is 469 g/mol. The van der Waals surface area contributed by atoms with Gasteiger partial charge in [-0.25, -0.2) is 13.9 Å². The van der Waals surface area contributed by atoms with Gasteiger partial charge in [-0.05, 0) is 67.0 Å². The van der Waals surface area contributed by atoms with Gasteiger partial charge < -0.3 is 9.47 Å². The van der Waals surface area contributed by atoms with Crippen molar-refractivity contribution >= 4 is 28.6 Å². The zero-order valence-corrected chi connectivity index (χ0v) is 20.7. The Morgan fingerprint density at radius 2 is 1.88 bits per heavy atom. The first-order valence-electron chi connectivity index (χ1n) is 11.9. The van der Waals surface area contributed by atoms with Crippen molar-refractivity contribution in [1.82, 2.24) is 4.57 Å². The normalized spacial score (nSPS) is 20.8. The van der Waals surface area contributed by atoms with Gasteiger partial charge in [0.2, 0.25) is 0 Å². The maximum absolute atomic E-state index is 13.2. The Morgan fingerprint density at radius 3 is 2.61 bits per heavy atom. The van der Waals surface area contributed by atoms with Crippen LogP contribution in [0, 0.1) is 17.8 Å². The van der Waals surface area contributed by atoms with Gasteiger partial charge >= 0.3 is 5.97 Å². The van der Waals surface area contributed by atoms with Crippen molar-refractivity contribution in [3.8, 4) is 5.75 Å². The van der Waals surface area contributed by atoms with Crippen LogP contribution in [0.4, 0.5) is 0 Å². The van der Waals surface area contributed by atoms with Crippen molar-refractivity contribution in [2.75, 3.05) is 0 Å². The van der Waals surface area contributed by atoms with E-state index in [0.29, 0.717) is 29.4 Å². The molecule has 0 aliphatic heterocycles. The summed E-state index contributed by atoms with van der Waals surface area (Å²) in [5.74, 6) is 2.97. The molecule has 33 heavy (non-hydrogen) atoms. The van der Waals surface area contributed by atoms with Crippen molar-refractivity contribution in [1.29, 1.82) is 0 Å². The number of benzene rings is 2. The van der Waals surface area contributed by atoms with Crippen LogP contribution in [0.3, 0.4) is 0 Å². The highest BCUT2D eigenvalue weighted by Crippen LogP contribution is 2.35. The first-order chi connectivity index (χ1) is 15.8. The molecule has 6 heteroatoms. The molecule has 1 heterocycles. The number of ether oxygens (including phenoxy) is 2. The lowest BCUT2D eigenvalue weighted by Gasteiger charge is -2.36. The molecule has 1 fully saturated rings. The second-order valence-corrected chi connectivity index (χ2v) is 10.1. The topological polar surface area (TPSA) is 44.3 Å². The van der Waals surface area contributed by atoms with E-state index in [2.05, 4.69) is 31.4 Å². The van der Waals surface area contributed by atoms with E-state index < -0.39 is 0 Å². The molecule has 0 N–H and O–H groups in total. The third-order valence-corrected chi connectivity index (χ3v) is 7.20. The average Bonchev–Trinajstić information content (AvgIpc) is 3.04. The number of aromatic nitrogens is 2. The lowest BCUT2D eigenvalue weighted by atomic mass is 9.75. The van der Waals surface area contributed by atoms with Gasteiger partial charge in [-0.1, -0.05) is 50.9 Å². The molecule has 0 radical (unpaired) electrons. The molecule has 2 aromatic carbocycles. The number of hydrogen-bond donors (Lipinski definition) is 0. The minimum absolute atomic E-state index is 0.00871. The Morgan fingerprint density at radius 1 is 1.15 bits per heavy atom. The van der Waals surface area contributed by atoms with Crippen molar-refractivity contribution in [3.05, 3.63) is 59.4 Å². The highest BCUT2D eigenvalue weighted by Gasteiger charge is 2.34. The summed E-state index contributed by atoms with van der Waals surface area (Å²) >= 11 is 5.99. The molecule has 3 atom stereocenters. The number of rotatable bonds is 7. The summed E-state index contributed by atoms with van der Waals surface area (Å²) in [4.78, 5) is 13.2. The number of carbonyl (C=O) groups excluding carboxylic acids is 1. The molecule has 1 aliphatic rings. The number of fused-ring (bicyclic) bond motifs is 1. The van der Waals surface area contributed by atoms with Crippen molar-refractivity contribution < 1.29 is 18.8 Å². The molecule has 3 aromatic rings. The summed E-state index contributed by atoms with van der Waals surface area (Å²) in [6, 6.07) is 15.4. The molecule has 176 valence electrons. The first kappa shape index (κ1) is 23.6. The Kier molecular flexibility index (Phi) is 7.28. The van der Waals surface area contributed by atoms with Gasteiger partial charge in [-0.15, -0.1) is 0 Å². The van der Waals surface area contributed by atoms with E-state index in [1.165, 1.54) is 6.42 Å². The number of halogens is 1. The quantitative estimate of drug-likeness (QED) is 0.329. The van der Waals surface area contributed by atoms with Crippen LogP contribution in [0.15, 0.2) is 48.5 Å². The van der Waals surface area contributed by atoms with E-state index in [-0.39, 0.29) is 18.6 Å². The van der Waals surface area contributed by atoms with Crippen LogP contribution in [0.5, 0.6) is 5.75 Å². The van der Waals surface area contributed by atoms with Gasteiger partial charge in [0, 0.05) is 5.02 Å². The standard InChI is InChI=1S/C27H34ClN2O3/c1-18(2)22-14-9-19(3)15-25(22)33-27(31)16-30-24-8-6-5-7-23(24)29(4)26(30)17-32-21-12-10-20(28)11-13-21/h5-8,10-13,18-19,22,25H,9,14-17H2,1-4H3/q+1. The van der Waals surface area contributed by atoms with E-state index in [0.717, 1.165) is 35.4 Å². The van der Waals surface area contributed by atoms with Crippen LogP contribution >= 0.6 is 11.6 Å². The molecule has 0 bridgehead atoms. The third kappa shape index (κ3) is 5.35. The lowest BCUT2D eigenvalue weighted by molar-refractivity contribution is -0.655. The number of aryl methyl sites for hydroxylation is 1. The predicted octanol–water partition coefficient (Wildman–Crippen LogP) is 5.70. The fourth-order valence-electron chi connectivity index (χ4n) is 5.05. The fraction of sp³-hybridized carbons (Fsp3) is 0.481. The molecule has 1 aromatic heterocycles. The number of carbonyl (C=O) groups is 1. The van der Waals surface area contributed by atoms with Gasteiger partial charge in [-0.3, -0.25) is 0 Å². The van der Waals surface area contributed by atoms with Gasteiger partial charge in [0.25, 0.3) is 5.82 Å². The number of esters is 1. The van der Waals surface area contributed by atoms with E-state index in [1.807, 2.05) is 41.9 Å². The largest absolute Gasteiger partial charge is 0.481 e. The van der Waals surface area contributed by atoms with Crippen molar-refractivity contribution in [2.45, 2.75) is 59.3 Å². The molecule has 3 unspecified atom stereocenters. The maximum atomic E-state index is 13.2. The molecular formula is C27H34ClN2O3+. The third-order valence-electron chi connectivity index (χ3n) is 6.95. The highest BCUT2D eigenvalue weighted by atomic mass is 35.5. The van der Waals surface area contributed by atoms with Crippen LogP contribution in [0.1, 0.15) is 45.9 Å². The first-order valence-corrected chi connectivity index (χ1v) is 12.2. The molecule has 0 saturated heterocycles. The lowest BCUT2D eigenvalue weighted by Crippen LogP contribution is -2.37. The Hall–Kier alpha value is -2.53. The van der Waals surface area contributed by atoms with Gasteiger partial charge in [0.05, 0.1) is 7.05 Å². The van der Waals surface area contributed by atoms with Crippen molar-refractivity contribution in [2.24, 2.45) is 24.8 Å². The minimum Gasteiger partial charge on any atom is -0.481 e. The summed E-state index contributed by atoms with van der Waals surface area (Å²) in [5, 5.41) is 0.668. The Labute approximate surface area is 201 Å². The average molecular weight is 470 g/mol. The van der Waals surface area contributed by atoms with Crippen LogP contribution in [-0.2, 0) is 29.7 Å². The smallest absolute Gasteiger partial charge is 0.348 e. The second kappa shape index (κ2) is 10.2. The number of hydrogen-bond acceptors (Lipinski definition) is 3. The van der Waals surface area contributed by atoms with Gasteiger partial charge in [-0.2, -0.15) is 0 Å². The Balaban J connectivity index is 1.56. The molecule has 0 amide bonds. The second-order valence-electron chi connectivity index (χ2n) is 9.65. The summed E-state index contributed by atoms with van der Waals surface area (Å²) in [5.41, 5.74) is 2.04. The molecule has 0 spiro atoms. The highest BCUT2D eigenvalue weighted by molar-refractivity contribution is 6.30. The van der Waals surface area contributed by atoms with E-state index in [1.54, 1.807) is 12.1 Å². The van der Waals surface area contributed by atoms with E-state index in [9.17, 15) is 4.79 Å². The van der Waals surface area contributed by atoms with Gasteiger partial charge in [0.1, 0.15) is 11.9 Å². The van der Waals surface area contributed by atoms with Crippen LogP contribution in [0.2, 0.25) is 5.02 Å². The summed E-state index contributed by atoms with van der Waals surface area (Å²) in [6.07, 6.45) is 3.27. The van der Waals surface area contributed by atoms with Crippen LogP contribution in [0.25, 0.3) is 11.0 Å². The summed E-state index contributed by atoms with van der Waals surface area (Å²) < 4.78 is 16.2. The van der Waals surface area contributed by atoms with Crippen LogP contribution in [-0.4, -0.2) is 16.6 Å². The molecular weight excluding hydrogens is 436 g/mol. The molecule has 5 nitrogen and oxygen atoms in total. The molecule has 1 saturated carbocycles. The number of nitrogens with zero attached hydrogens (tertiary/aromatic N) is 2. The Bertz CT molecular complexity index is 1110. The fourth-order valence-corrected chi connectivity index (χ4v) is 5.18. The van der Waals surface area contributed by atoms with E-state index in [4.69, 9.17) is 21.1 Å².